The van der Waals surface area contributed by atoms with Crippen LogP contribution in [0.3, 0.4) is 0 Å². The van der Waals surface area contributed by atoms with E-state index in [0.29, 0.717) is 32.1 Å². The first-order valence-electron chi connectivity index (χ1n) is 13.2. The molecule has 2 bridgehead atoms. The van der Waals surface area contributed by atoms with E-state index in [4.69, 9.17) is 9.47 Å². The molecule has 3 N–H and O–H groups in total. The topological polar surface area (TPSA) is 114 Å². The van der Waals surface area contributed by atoms with Gasteiger partial charge in [0.15, 0.2) is 11.6 Å². The number of rotatable bonds is 9. The van der Waals surface area contributed by atoms with Gasteiger partial charge in [-0.05, 0) is 69.8 Å². The van der Waals surface area contributed by atoms with Crippen molar-refractivity contribution in [3.63, 3.8) is 0 Å². The molecule has 0 spiro atoms. The molecule has 3 fully saturated rings. The summed E-state index contributed by atoms with van der Waals surface area (Å²) in [6.45, 7) is 1.14. The molecule has 0 heterocycles. The fourth-order valence-corrected chi connectivity index (χ4v) is 6.26. The molecule has 1 aromatic carbocycles. The van der Waals surface area contributed by atoms with Crippen molar-refractivity contribution in [3.8, 4) is 11.5 Å². The summed E-state index contributed by atoms with van der Waals surface area (Å²) in [6, 6.07) is 1.70. The maximum Gasteiger partial charge on any atom is 0.390 e. The molecule has 4 atom stereocenters. The third-order valence-electron chi connectivity index (χ3n) is 8.57. The summed E-state index contributed by atoms with van der Waals surface area (Å²) in [5.74, 6) is -3.64. The largest absolute Gasteiger partial charge is 0.496 e. The molecule has 0 unspecified atom stereocenters. The van der Waals surface area contributed by atoms with Crippen molar-refractivity contribution in [1.29, 1.82) is 0 Å². The highest BCUT2D eigenvalue weighted by Crippen LogP contribution is 2.49. The van der Waals surface area contributed by atoms with Crippen molar-refractivity contribution in [2.45, 2.75) is 76.6 Å². The lowest BCUT2D eigenvalue weighted by atomic mass is 9.75. The maximum absolute atomic E-state index is 14.8. The number of ether oxygens (including phenoxy) is 2. The molecular formula is C27H34F4N2O6. The Labute approximate surface area is 223 Å². The Hall–Kier alpha value is -3.05. The number of benzene rings is 1. The van der Waals surface area contributed by atoms with E-state index in [1.165, 1.54) is 13.2 Å². The number of hydrogen-bond acceptors (Lipinski definition) is 5. The lowest BCUT2D eigenvalue weighted by Gasteiger charge is -2.34. The van der Waals surface area contributed by atoms with Crippen LogP contribution in [0.25, 0.3) is 0 Å². The van der Waals surface area contributed by atoms with Crippen molar-refractivity contribution >= 4 is 17.8 Å². The van der Waals surface area contributed by atoms with Gasteiger partial charge in [-0.2, -0.15) is 13.2 Å². The standard InChI is InChI=1S/C27H34F4N2O6/c1-26(25(36)37)7-5-16(6-8-26)39-20-12-17(19(38-2)13-18(20)28)23(34)33-22-15-4-3-14(11-15)21(22)24(35)32-10-9-27(29,30)31/h12-16,21-22H,3-11H2,1-2H3,(H,32,35)(H,33,34)(H,36,37)/t14-,15+,16-,21+,22-,26+/m1/s1. The molecule has 1 aromatic rings. The van der Waals surface area contributed by atoms with E-state index < -0.39 is 66.2 Å². The van der Waals surface area contributed by atoms with Gasteiger partial charge in [0.2, 0.25) is 5.91 Å². The van der Waals surface area contributed by atoms with Gasteiger partial charge in [-0.3, -0.25) is 14.4 Å². The summed E-state index contributed by atoms with van der Waals surface area (Å²) in [4.78, 5) is 37.7. The second-order valence-electron chi connectivity index (χ2n) is 11.2. The van der Waals surface area contributed by atoms with Crippen molar-refractivity contribution < 1.29 is 46.5 Å². The monoisotopic (exact) mass is 558 g/mol. The predicted octanol–water partition coefficient (Wildman–Crippen LogP) is 4.46. The van der Waals surface area contributed by atoms with Crippen molar-refractivity contribution in [2.24, 2.45) is 23.2 Å². The molecule has 12 heteroatoms. The molecule has 3 aliphatic carbocycles. The Morgan fingerprint density at radius 3 is 2.36 bits per heavy atom. The van der Waals surface area contributed by atoms with Crippen LogP contribution in [0.15, 0.2) is 12.1 Å². The van der Waals surface area contributed by atoms with Crippen LogP contribution < -0.4 is 20.1 Å². The second kappa shape index (κ2) is 11.2. The number of hydrogen-bond donors (Lipinski definition) is 3. The lowest BCUT2D eigenvalue weighted by Crippen LogP contribution is -2.50. The average Bonchev–Trinajstić information content (AvgIpc) is 3.47. The molecular weight excluding hydrogens is 524 g/mol. The van der Waals surface area contributed by atoms with E-state index in [2.05, 4.69) is 10.6 Å². The van der Waals surface area contributed by atoms with Gasteiger partial charge in [0.05, 0.1) is 36.5 Å². The molecule has 3 aliphatic rings. The smallest absolute Gasteiger partial charge is 0.390 e. The van der Waals surface area contributed by atoms with E-state index in [1.54, 1.807) is 6.92 Å². The number of alkyl halides is 3. The van der Waals surface area contributed by atoms with Crippen LogP contribution in [-0.2, 0) is 9.59 Å². The first-order chi connectivity index (χ1) is 18.3. The molecule has 2 amide bonds. The average molecular weight is 559 g/mol. The zero-order valence-electron chi connectivity index (χ0n) is 21.9. The van der Waals surface area contributed by atoms with Crippen molar-refractivity contribution in [2.75, 3.05) is 13.7 Å². The highest BCUT2D eigenvalue weighted by Gasteiger charge is 2.51. The van der Waals surface area contributed by atoms with Gasteiger partial charge in [-0.1, -0.05) is 0 Å². The Bertz CT molecular complexity index is 1100. The van der Waals surface area contributed by atoms with Crippen LogP contribution in [0.1, 0.15) is 68.6 Å². The van der Waals surface area contributed by atoms with Gasteiger partial charge in [0.1, 0.15) is 5.75 Å². The minimum atomic E-state index is -4.39. The van der Waals surface area contributed by atoms with Crippen LogP contribution in [-0.4, -0.2) is 54.9 Å². The number of nitrogens with one attached hydrogen (secondary N) is 2. The predicted molar refractivity (Wildman–Crippen MR) is 131 cm³/mol. The van der Waals surface area contributed by atoms with Crippen molar-refractivity contribution in [1.82, 2.24) is 10.6 Å². The summed E-state index contributed by atoms with van der Waals surface area (Å²) in [6.07, 6.45) is -2.16. The molecule has 8 nitrogen and oxygen atoms in total. The van der Waals surface area contributed by atoms with E-state index in [1.807, 2.05) is 0 Å². The lowest BCUT2D eigenvalue weighted by molar-refractivity contribution is -0.150. The van der Waals surface area contributed by atoms with E-state index in [9.17, 15) is 37.1 Å². The van der Waals surface area contributed by atoms with Gasteiger partial charge >= 0.3 is 12.1 Å². The molecule has 0 radical (unpaired) electrons. The first-order valence-corrected chi connectivity index (χ1v) is 13.2. The van der Waals surface area contributed by atoms with Gasteiger partial charge in [0, 0.05) is 18.7 Å². The highest BCUT2D eigenvalue weighted by atomic mass is 19.4. The number of methoxy groups -OCH3 is 1. The third-order valence-corrected chi connectivity index (χ3v) is 8.57. The fraction of sp³-hybridized carbons (Fsp3) is 0.667. The van der Waals surface area contributed by atoms with Gasteiger partial charge in [-0.15, -0.1) is 0 Å². The highest BCUT2D eigenvalue weighted by molar-refractivity contribution is 5.98. The summed E-state index contributed by atoms with van der Waals surface area (Å²) in [5, 5.41) is 14.7. The molecule has 4 rings (SSSR count). The first kappa shape index (κ1) is 28.9. The van der Waals surface area contributed by atoms with Crippen LogP contribution >= 0.6 is 0 Å². The van der Waals surface area contributed by atoms with Crippen molar-refractivity contribution in [3.05, 3.63) is 23.5 Å². The summed E-state index contributed by atoms with van der Waals surface area (Å²) < 4.78 is 63.5. The number of carbonyl (C=O) groups is 3. The summed E-state index contributed by atoms with van der Waals surface area (Å²) >= 11 is 0. The molecule has 0 saturated heterocycles. The zero-order chi connectivity index (χ0) is 28.5. The molecule has 39 heavy (non-hydrogen) atoms. The number of fused-ring (bicyclic) bond motifs is 2. The second-order valence-corrected chi connectivity index (χ2v) is 11.2. The minimum absolute atomic E-state index is 0.000846. The zero-order valence-corrected chi connectivity index (χ0v) is 21.9. The fourth-order valence-electron chi connectivity index (χ4n) is 6.26. The van der Waals surface area contributed by atoms with Crippen LogP contribution in [0.5, 0.6) is 11.5 Å². The Morgan fingerprint density at radius 2 is 1.74 bits per heavy atom. The minimum Gasteiger partial charge on any atom is -0.496 e. The van der Waals surface area contributed by atoms with E-state index in [0.717, 1.165) is 18.9 Å². The SMILES string of the molecule is COc1cc(F)c(O[C@H]2CC[C@@](C)(C(=O)O)CC2)cc1C(=O)N[C@@H]1[C@H]2CC[C@H](C2)[C@@H]1C(=O)NCCC(F)(F)F. The number of carboxylic acids is 1. The summed E-state index contributed by atoms with van der Waals surface area (Å²) in [7, 11) is 1.29. The number of halogens is 4. The number of carboxylic acid groups (broad SMARTS) is 1. The maximum atomic E-state index is 14.8. The Balaban J connectivity index is 1.46. The molecule has 3 saturated carbocycles. The Morgan fingerprint density at radius 1 is 1.08 bits per heavy atom. The summed E-state index contributed by atoms with van der Waals surface area (Å²) in [5.41, 5.74) is -0.862. The third kappa shape index (κ3) is 6.41. The van der Waals surface area contributed by atoms with E-state index >= 15 is 0 Å². The quantitative estimate of drug-likeness (QED) is 0.386. The number of carbonyl (C=O) groups excluding carboxylic acids is 2. The molecule has 0 aliphatic heterocycles. The molecule has 0 aromatic heterocycles. The van der Waals surface area contributed by atoms with Crippen LogP contribution in [0.4, 0.5) is 17.6 Å². The number of amides is 2. The van der Waals surface area contributed by atoms with Crippen LogP contribution in [0, 0.1) is 29.0 Å². The molecule has 216 valence electrons. The van der Waals surface area contributed by atoms with E-state index in [-0.39, 0.29) is 28.9 Å². The Kier molecular flexibility index (Phi) is 8.32. The number of aliphatic carboxylic acids is 1. The van der Waals surface area contributed by atoms with Gasteiger partial charge in [-0.25, -0.2) is 4.39 Å². The van der Waals surface area contributed by atoms with Gasteiger partial charge < -0.3 is 25.2 Å². The van der Waals surface area contributed by atoms with Crippen LogP contribution in [0.2, 0.25) is 0 Å². The van der Waals surface area contributed by atoms with Gasteiger partial charge in [0.25, 0.3) is 5.91 Å². The normalized spacial score (nSPS) is 30.1.